The molecule has 2 nitrogen and oxygen atoms in total. The number of halogens is 1. The first kappa shape index (κ1) is 14.9. The van der Waals surface area contributed by atoms with Gasteiger partial charge in [0.1, 0.15) is 6.17 Å². The second kappa shape index (κ2) is 4.66. The van der Waals surface area contributed by atoms with Crippen LogP contribution >= 0.6 is 0 Å². The fourth-order valence-corrected chi connectivity index (χ4v) is 6.53. The van der Waals surface area contributed by atoms with Crippen LogP contribution in [0.25, 0.3) is 0 Å². The van der Waals surface area contributed by atoms with Crippen LogP contribution in [0.3, 0.4) is 0 Å². The van der Waals surface area contributed by atoms with Crippen LogP contribution < -0.4 is 0 Å². The summed E-state index contributed by atoms with van der Waals surface area (Å²) >= 11 is 0. The first-order valence-corrected chi connectivity index (χ1v) is 8.93. The molecule has 0 aromatic carbocycles. The number of fused-ring (bicyclic) bond motifs is 5. The minimum Gasteiger partial charge on any atom is -0.393 e. The van der Waals surface area contributed by atoms with Gasteiger partial charge >= 0.3 is 0 Å². The molecule has 0 heterocycles. The van der Waals surface area contributed by atoms with Gasteiger partial charge in [0.25, 0.3) is 0 Å². The van der Waals surface area contributed by atoms with Crippen molar-refractivity contribution in [3.63, 3.8) is 0 Å². The summed E-state index contributed by atoms with van der Waals surface area (Å²) in [5.74, 6) is 1.42. The first-order chi connectivity index (χ1) is 10.4. The lowest BCUT2D eigenvalue weighted by atomic mass is 9.47. The smallest absolute Gasteiger partial charge is 0.155 e. The quantitative estimate of drug-likeness (QED) is 0.738. The highest BCUT2D eigenvalue weighted by Gasteiger charge is 2.60. The Labute approximate surface area is 132 Å². The lowest BCUT2D eigenvalue weighted by Crippen LogP contribution is -2.53. The van der Waals surface area contributed by atoms with E-state index in [9.17, 15) is 14.3 Å². The van der Waals surface area contributed by atoms with Crippen LogP contribution in [-0.2, 0) is 4.79 Å². The summed E-state index contributed by atoms with van der Waals surface area (Å²) in [5, 5.41) is 10.4. The van der Waals surface area contributed by atoms with Gasteiger partial charge in [-0.3, -0.25) is 4.79 Å². The molecule has 4 aliphatic rings. The van der Waals surface area contributed by atoms with E-state index in [-0.39, 0.29) is 22.7 Å². The van der Waals surface area contributed by atoms with Crippen molar-refractivity contribution in [1.29, 1.82) is 0 Å². The van der Waals surface area contributed by atoms with E-state index in [0.29, 0.717) is 30.6 Å². The molecular formula is C19H27FO2. The van der Waals surface area contributed by atoms with E-state index in [2.05, 4.69) is 13.8 Å². The van der Waals surface area contributed by atoms with Gasteiger partial charge in [-0.25, -0.2) is 4.39 Å². The molecular weight excluding hydrogens is 279 g/mol. The predicted molar refractivity (Wildman–Crippen MR) is 83.0 cm³/mol. The number of rotatable bonds is 0. The van der Waals surface area contributed by atoms with Gasteiger partial charge in [0.15, 0.2) is 5.78 Å². The molecule has 3 fully saturated rings. The summed E-state index contributed by atoms with van der Waals surface area (Å²) < 4.78 is 14.9. The first-order valence-electron chi connectivity index (χ1n) is 8.93. The maximum absolute atomic E-state index is 14.9. The van der Waals surface area contributed by atoms with Crippen molar-refractivity contribution in [2.45, 2.75) is 71.1 Å². The Bertz CT molecular complexity index is 542. The summed E-state index contributed by atoms with van der Waals surface area (Å²) in [6, 6.07) is 0. The number of carbonyl (C=O) groups is 1. The molecule has 7 atom stereocenters. The predicted octanol–water partition coefficient (Wildman–Crippen LogP) is 3.83. The number of hydrogen-bond acceptors (Lipinski definition) is 2. The fourth-order valence-electron chi connectivity index (χ4n) is 6.53. The second-order valence-corrected chi connectivity index (χ2v) is 8.70. The Balaban J connectivity index is 1.73. The van der Waals surface area contributed by atoms with Gasteiger partial charge in [-0.1, -0.05) is 13.8 Å². The average molecular weight is 306 g/mol. The van der Waals surface area contributed by atoms with Crippen LogP contribution in [0.1, 0.15) is 58.8 Å². The molecule has 0 aromatic heterocycles. The van der Waals surface area contributed by atoms with Gasteiger partial charge in [-0.2, -0.15) is 0 Å². The van der Waals surface area contributed by atoms with Crippen molar-refractivity contribution in [3.8, 4) is 0 Å². The summed E-state index contributed by atoms with van der Waals surface area (Å²) in [6.07, 6.45) is 6.43. The Morgan fingerprint density at radius 3 is 2.73 bits per heavy atom. The SMILES string of the molecule is C[C@]12CC[C@H]3[C@@H](C[C@@H](F)C4=CC(=O)CC[C@@]43C)[C@@H]1CC[C@@H]2O. The highest BCUT2D eigenvalue weighted by atomic mass is 19.1. The molecule has 0 spiro atoms. The fraction of sp³-hybridized carbons (Fsp3) is 0.842. The van der Waals surface area contributed by atoms with Crippen LogP contribution in [0.5, 0.6) is 0 Å². The molecule has 0 bridgehead atoms. The zero-order chi connectivity index (χ0) is 15.7. The molecule has 1 N–H and O–H groups in total. The maximum Gasteiger partial charge on any atom is 0.155 e. The van der Waals surface area contributed by atoms with Crippen molar-refractivity contribution >= 4 is 5.78 Å². The van der Waals surface area contributed by atoms with Gasteiger partial charge in [-0.05, 0) is 78.8 Å². The maximum atomic E-state index is 14.9. The normalized spacial score (nSPS) is 54.3. The van der Waals surface area contributed by atoms with Crippen molar-refractivity contribution in [2.75, 3.05) is 0 Å². The van der Waals surface area contributed by atoms with Crippen LogP contribution in [0.2, 0.25) is 0 Å². The molecule has 0 amide bonds. The number of aliphatic hydroxyl groups is 1. The third-order valence-electron chi connectivity index (χ3n) is 7.89. The summed E-state index contributed by atoms with van der Waals surface area (Å²) in [4.78, 5) is 11.8. The molecule has 22 heavy (non-hydrogen) atoms. The van der Waals surface area contributed by atoms with Gasteiger partial charge in [0.05, 0.1) is 6.10 Å². The second-order valence-electron chi connectivity index (χ2n) is 8.70. The molecule has 0 radical (unpaired) electrons. The third-order valence-corrected chi connectivity index (χ3v) is 7.89. The minimum atomic E-state index is -0.962. The average Bonchev–Trinajstić information content (AvgIpc) is 2.77. The zero-order valence-electron chi connectivity index (χ0n) is 13.6. The van der Waals surface area contributed by atoms with Gasteiger partial charge < -0.3 is 5.11 Å². The number of alkyl halides is 1. The molecule has 4 rings (SSSR count). The van der Waals surface area contributed by atoms with Gasteiger partial charge in [0.2, 0.25) is 0 Å². The van der Waals surface area contributed by atoms with Crippen molar-refractivity contribution in [2.24, 2.45) is 28.6 Å². The number of ketones is 1. The van der Waals surface area contributed by atoms with Crippen LogP contribution in [0.4, 0.5) is 4.39 Å². The molecule has 3 heteroatoms. The number of carbonyl (C=O) groups excluding carboxylic acids is 1. The van der Waals surface area contributed by atoms with Crippen LogP contribution in [-0.4, -0.2) is 23.2 Å². The van der Waals surface area contributed by atoms with E-state index < -0.39 is 6.17 Å². The van der Waals surface area contributed by atoms with Crippen molar-refractivity contribution in [3.05, 3.63) is 11.6 Å². The topological polar surface area (TPSA) is 37.3 Å². The van der Waals surface area contributed by atoms with E-state index in [0.717, 1.165) is 37.7 Å². The zero-order valence-corrected chi connectivity index (χ0v) is 13.6. The van der Waals surface area contributed by atoms with E-state index in [1.165, 1.54) is 0 Å². The molecule has 3 saturated carbocycles. The summed E-state index contributed by atoms with van der Waals surface area (Å²) in [6.45, 7) is 4.42. The Hall–Kier alpha value is -0.700. The van der Waals surface area contributed by atoms with E-state index in [1.54, 1.807) is 6.08 Å². The minimum absolute atomic E-state index is 0.0110. The van der Waals surface area contributed by atoms with E-state index in [1.807, 2.05) is 0 Å². The van der Waals surface area contributed by atoms with Gasteiger partial charge in [-0.15, -0.1) is 0 Å². The number of aliphatic hydroxyl groups excluding tert-OH is 1. The molecule has 0 aliphatic heterocycles. The Morgan fingerprint density at radius 1 is 1.18 bits per heavy atom. The summed E-state index contributed by atoms with van der Waals surface area (Å²) in [5.41, 5.74) is 0.640. The molecule has 122 valence electrons. The Morgan fingerprint density at radius 2 is 1.95 bits per heavy atom. The van der Waals surface area contributed by atoms with Crippen molar-refractivity contribution < 1.29 is 14.3 Å². The Kier molecular flexibility index (Phi) is 3.15. The highest BCUT2D eigenvalue weighted by Crippen LogP contribution is 2.65. The van der Waals surface area contributed by atoms with Crippen molar-refractivity contribution in [1.82, 2.24) is 0 Å². The standard InChI is InChI=1S/C19H27FO2/c1-18-7-5-11(21)9-15(18)16(20)10-12-13-3-4-17(22)19(13,2)8-6-14(12)18/h9,12-14,16-17,22H,3-8,10H2,1-2H3/t12-,13-,14-,16+,17-,18+,19-/m0/s1. The molecule has 0 aromatic rings. The monoisotopic (exact) mass is 306 g/mol. The highest BCUT2D eigenvalue weighted by molar-refractivity contribution is 5.91. The third kappa shape index (κ3) is 1.78. The number of hydrogen-bond donors (Lipinski definition) is 1. The summed E-state index contributed by atoms with van der Waals surface area (Å²) in [7, 11) is 0. The van der Waals surface area contributed by atoms with E-state index in [4.69, 9.17) is 0 Å². The van der Waals surface area contributed by atoms with E-state index >= 15 is 0 Å². The molecule has 0 saturated heterocycles. The largest absolute Gasteiger partial charge is 0.393 e. The van der Waals surface area contributed by atoms with Crippen LogP contribution in [0, 0.1) is 28.6 Å². The van der Waals surface area contributed by atoms with Crippen LogP contribution in [0.15, 0.2) is 11.6 Å². The van der Waals surface area contributed by atoms with Gasteiger partial charge in [0, 0.05) is 6.42 Å². The molecule has 4 aliphatic carbocycles. The lowest BCUT2D eigenvalue weighted by molar-refractivity contribution is -0.119. The molecule has 0 unspecified atom stereocenters. The lowest BCUT2D eigenvalue weighted by Gasteiger charge is -2.58. The number of allylic oxidation sites excluding steroid dienone is 1.